The van der Waals surface area contributed by atoms with Crippen LogP contribution in [-0.2, 0) is 32.2 Å². The maximum Gasteiger partial charge on any atom is 0.257 e. The second-order valence-electron chi connectivity index (χ2n) is 18.0. The number of aromatic nitrogens is 1. The molecule has 0 N–H and O–H groups in total. The number of carbonyl (C=O) groups is 3. The van der Waals surface area contributed by atoms with Crippen LogP contribution in [0.15, 0.2) is 69.7 Å². The van der Waals surface area contributed by atoms with Crippen molar-refractivity contribution >= 4 is 41.4 Å². The summed E-state index contributed by atoms with van der Waals surface area (Å²) in [6.07, 6.45) is 9.70. The largest absolute Gasteiger partial charge is 0.493 e. The van der Waals surface area contributed by atoms with Crippen LogP contribution in [0, 0.1) is 0 Å². The van der Waals surface area contributed by atoms with Crippen LogP contribution >= 0.6 is 0 Å². The smallest absolute Gasteiger partial charge is 0.257 e. The summed E-state index contributed by atoms with van der Waals surface area (Å²) in [6, 6.07) is 10.3. The van der Waals surface area contributed by atoms with Crippen molar-refractivity contribution in [1.29, 1.82) is 0 Å². The Bertz CT molecular complexity index is 2340. The van der Waals surface area contributed by atoms with Crippen molar-refractivity contribution in [2.24, 2.45) is 9.98 Å². The Morgan fingerprint density at radius 1 is 0.634 bits per heavy atom. The van der Waals surface area contributed by atoms with Gasteiger partial charge in [-0.3, -0.25) is 34.3 Å². The lowest BCUT2D eigenvalue weighted by Crippen LogP contribution is -2.37. The molecule has 2 atom stereocenters. The molecule has 5 heterocycles. The first-order valence-electron chi connectivity index (χ1n) is 24.4. The van der Waals surface area contributed by atoms with Crippen molar-refractivity contribution in [2.75, 3.05) is 114 Å². The minimum Gasteiger partial charge on any atom is -0.493 e. The van der Waals surface area contributed by atoms with Crippen LogP contribution in [0.25, 0.3) is 0 Å². The maximum absolute atomic E-state index is 13.8. The number of rotatable bonds is 27. The molecular weight excluding hydrogens is 911 g/mol. The zero-order valence-electron chi connectivity index (χ0n) is 42.3. The molecule has 71 heavy (non-hydrogen) atoms. The summed E-state index contributed by atoms with van der Waals surface area (Å²) in [6.45, 7) is 12.8. The third kappa shape index (κ3) is 14.3. The summed E-state index contributed by atoms with van der Waals surface area (Å²) in [4.78, 5) is 61.1. The summed E-state index contributed by atoms with van der Waals surface area (Å²) in [5.41, 5.74) is 5.43. The van der Waals surface area contributed by atoms with E-state index in [2.05, 4.69) is 22.0 Å². The number of Topliss-reactive ketones (excluding diaryl/α,β-unsaturated/α-hetero) is 1. The summed E-state index contributed by atoms with van der Waals surface area (Å²) < 4.78 is 47.7. The van der Waals surface area contributed by atoms with Gasteiger partial charge < -0.3 is 52.6 Å². The predicted octanol–water partition coefficient (Wildman–Crippen LogP) is 6.28. The fraction of sp³-hybridized carbons (Fsp3) is 0.509. The number of fused-ring (bicyclic) bond motifs is 4. The van der Waals surface area contributed by atoms with Crippen LogP contribution in [0.4, 0.5) is 11.4 Å². The lowest BCUT2D eigenvalue weighted by molar-refractivity contribution is -0.118. The van der Waals surface area contributed by atoms with Crippen molar-refractivity contribution in [3.05, 3.63) is 82.2 Å². The fourth-order valence-electron chi connectivity index (χ4n) is 8.60. The van der Waals surface area contributed by atoms with Crippen molar-refractivity contribution in [3.63, 3.8) is 0 Å². The lowest BCUT2D eigenvalue weighted by Gasteiger charge is -2.24. The third-order valence-corrected chi connectivity index (χ3v) is 12.7. The number of ether oxygens (including phenoxy) is 8. The van der Waals surface area contributed by atoms with Gasteiger partial charge in [0.25, 0.3) is 11.8 Å². The van der Waals surface area contributed by atoms with E-state index in [4.69, 9.17) is 52.9 Å². The van der Waals surface area contributed by atoms with Gasteiger partial charge in [-0.25, -0.2) is 0 Å². The molecule has 0 saturated carbocycles. The zero-order valence-corrected chi connectivity index (χ0v) is 42.3. The molecule has 0 aliphatic carbocycles. The number of allylic oxidation sites excluding steroid dienone is 2. The van der Waals surface area contributed by atoms with Crippen molar-refractivity contribution in [3.8, 4) is 28.7 Å². The van der Waals surface area contributed by atoms with Gasteiger partial charge in [-0.2, -0.15) is 0 Å². The Balaban J connectivity index is 1.04. The molecule has 2 fully saturated rings. The standard InChI is InChI=1S/C53H69N7O11/c1-8-37-22-41-30-54-46-28-50(48(64-6)26-44(46)52(62)59(41)32-37)70-34-39-24-43(69-17-14-58(12-11-57(4)5)13-16-67-19-21-68-20-18-66-15-10-36(3)61)25-40(56-39)35-71-51-29-47-45(27-49(51)65-7)53(63)60-33-38(9-2)23-42(60)31-55-47/h8-9,24-31,41-42H,10-23,32-35H2,1-7H3. The quantitative estimate of drug-likeness (QED) is 0.0616. The summed E-state index contributed by atoms with van der Waals surface area (Å²) in [5.74, 6) is 2.07. The van der Waals surface area contributed by atoms with Crippen LogP contribution in [-0.4, -0.2) is 181 Å². The van der Waals surface area contributed by atoms with E-state index in [9.17, 15) is 14.4 Å². The average Bonchev–Trinajstić information content (AvgIpc) is 3.94. The van der Waals surface area contributed by atoms with E-state index in [-0.39, 0.29) is 42.9 Å². The number of hydrogen-bond acceptors (Lipinski definition) is 16. The molecule has 18 nitrogen and oxygen atoms in total. The number of benzene rings is 2. The Hall–Kier alpha value is -6.18. The van der Waals surface area contributed by atoms with Gasteiger partial charge in [0.2, 0.25) is 0 Å². The molecule has 0 radical (unpaired) electrons. The molecule has 18 heteroatoms. The number of carbonyl (C=O) groups excluding carboxylic acids is 3. The molecule has 2 saturated heterocycles. The van der Waals surface area contributed by atoms with Crippen LogP contribution in [0.1, 0.15) is 72.1 Å². The molecule has 2 unspecified atom stereocenters. The number of nitrogens with zero attached hydrogens (tertiary/aromatic N) is 7. The van der Waals surface area contributed by atoms with E-state index in [0.717, 1.165) is 25.9 Å². The van der Waals surface area contributed by atoms with Gasteiger partial charge in [-0.15, -0.1) is 0 Å². The van der Waals surface area contributed by atoms with Gasteiger partial charge in [0.05, 0.1) is 99.8 Å². The first-order valence-corrected chi connectivity index (χ1v) is 24.4. The molecule has 0 bridgehead atoms. The van der Waals surface area contributed by atoms with E-state index in [1.54, 1.807) is 45.4 Å². The molecular formula is C53H69N7O11. The Morgan fingerprint density at radius 2 is 1.13 bits per heavy atom. The number of pyridine rings is 1. The number of aliphatic imine (C=N–C) groups is 2. The summed E-state index contributed by atoms with van der Waals surface area (Å²) in [5, 5.41) is 0. The van der Waals surface area contributed by atoms with Crippen LogP contribution in [0.3, 0.4) is 0 Å². The van der Waals surface area contributed by atoms with Crippen molar-refractivity contribution in [2.45, 2.75) is 65.3 Å². The molecule has 3 aromatic rings. The highest BCUT2D eigenvalue weighted by molar-refractivity contribution is 6.04. The van der Waals surface area contributed by atoms with Gasteiger partial charge in [0.1, 0.15) is 31.4 Å². The Morgan fingerprint density at radius 3 is 1.61 bits per heavy atom. The summed E-state index contributed by atoms with van der Waals surface area (Å²) >= 11 is 0. The SMILES string of the molecule is CC=C1CC2C=Nc3cc(OCc4cc(OCCN(CCOCCOCCOCCC(C)=O)CCN(C)C)cc(COc5cc6c(cc5OC)C(=O)N5CC(=CC)CC5C=N6)n4)c(OC)cc3C(=O)N2C1. The van der Waals surface area contributed by atoms with E-state index in [0.29, 0.717) is 141 Å². The van der Waals surface area contributed by atoms with Crippen molar-refractivity contribution in [1.82, 2.24) is 24.6 Å². The molecule has 4 aliphatic heterocycles. The van der Waals surface area contributed by atoms with E-state index in [1.165, 1.54) is 11.1 Å². The summed E-state index contributed by atoms with van der Waals surface area (Å²) in [7, 11) is 7.17. The normalized spacial score (nSPS) is 18.2. The third-order valence-electron chi connectivity index (χ3n) is 12.7. The second kappa shape index (κ2) is 25.8. The average molecular weight is 980 g/mol. The zero-order chi connectivity index (χ0) is 50.3. The number of likely N-dealkylation sites (N-methyl/N-ethyl adjacent to an activating group) is 1. The van der Waals surface area contributed by atoms with E-state index < -0.39 is 0 Å². The highest BCUT2D eigenvalue weighted by Crippen LogP contribution is 2.41. The minimum absolute atomic E-state index is 0.0326. The number of amides is 2. The van der Waals surface area contributed by atoms with Crippen LogP contribution < -0.4 is 23.7 Å². The number of hydrogen-bond donors (Lipinski definition) is 0. The molecule has 2 amide bonds. The molecule has 1 aromatic heterocycles. The van der Waals surface area contributed by atoms with Crippen LogP contribution in [0.5, 0.6) is 28.7 Å². The topological polar surface area (TPSA) is 176 Å². The maximum atomic E-state index is 13.8. The van der Waals surface area contributed by atoms with Gasteiger partial charge in [-0.05, 0) is 59.8 Å². The molecule has 4 aliphatic rings. The Labute approximate surface area is 417 Å². The fourth-order valence-corrected chi connectivity index (χ4v) is 8.60. The van der Waals surface area contributed by atoms with Gasteiger partial charge >= 0.3 is 0 Å². The van der Waals surface area contributed by atoms with Crippen molar-refractivity contribution < 1.29 is 52.3 Å². The van der Waals surface area contributed by atoms with Crippen LogP contribution in [0.2, 0.25) is 0 Å². The first kappa shape index (κ1) is 52.6. The number of methoxy groups -OCH3 is 2. The molecule has 382 valence electrons. The number of ketones is 1. The minimum atomic E-state index is -0.115. The van der Waals surface area contributed by atoms with Gasteiger partial charge in [0, 0.05) is 82.4 Å². The van der Waals surface area contributed by atoms with Gasteiger partial charge in [0.15, 0.2) is 23.0 Å². The first-order chi connectivity index (χ1) is 34.5. The highest BCUT2D eigenvalue weighted by atomic mass is 16.5. The monoisotopic (exact) mass is 980 g/mol. The molecule has 7 rings (SSSR count). The molecule has 0 spiro atoms. The molecule has 2 aromatic carbocycles. The van der Waals surface area contributed by atoms with E-state index >= 15 is 0 Å². The lowest BCUT2D eigenvalue weighted by atomic mass is 10.1. The predicted molar refractivity (Wildman–Crippen MR) is 270 cm³/mol. The highest BCUT2D eigenvalue weighted by Gasteiger charge is 2.36. The van der Waals surface area contributed by atoms with Gasteiger partial charge in [-0.1, -0.05) is 23.3 Å². The van der Waals surface area contributed by atoms with E-state index in [1.807, 2.05) is 62.3 Å². The Kier molecular flexibility index (Phi) is 19.1. The second-order valence-corrected chi connectivity index (χ2v) is 18.0.